The van der Waals surface area contributed by atoms with E-state index in [1.54, 1.807) is 45.9 Å². The second kappa shape index (κ2) is 16.0. The number of carbonyl (C=O) groups excluding carboxylic acids is 1. The van der Waals surface area contributed by atoms with Crippen LogP contribution < -0.4 is 10.9 Å². The first-order valence-electron chi connectivity index (χ1n) is 16.8. The maximum Gasteiger partial charge on any atom is 0.419 e. The van der Waals surface area contributed by atoms with Gasteiger partial charge in [0.25, 0.3) is 5.56 Å². The summed E-state index contributed by atoms with van der Waals surface area (Å²) in [6.45, 7) is 8.20. The first-order valence-corrected chi connectivity index (χ1v) is 16.8. The van der Waals surface area contributed by atoms with E-state index in [0.29, 0.717) is 43.0 Å². The van der Waals surface area contributed by atoms with Crippen molar-refractivity contribution in [3.8, 4) is 11.1 Å². The average Bonchev–Trinajstić information content (AvgIpc) is 3.00. The van der Waals surface area contributed by atoms with E-state index in [1.807, 2.05) is 10.2 Å². The average molecular weight is 758 g/mol. The Morgan fingerprint density at radius 3 is 2.09 bits per heavy atom. The summed E-state index contributed by atoms with van der Waals surface area (Å²) in [5.41, 5.74) is -8.24. The third-order valence-corrected chi connectivity index (χ3v) is 9.26. The molecule has 4 rings (SSSR count). The van der Waals surface area contributed by atoms with Gasteiger partial charge in [0.2, 0.25) is 5.91 Å². The van der Waals surface area contributed by atoms with Crippen LogP contribution in [-0.4, -0.2) is 64.9 Å². The highest BCUT2D eigenvalue weighted by molar-refractivity contribution is 5.82. The lowest BCUT2D eigenvalue weighted by molar-refractivity contribution is -0.148. The minimum atomic E-state index is -5.33. The quantitative estimate of drug-likeness (QED) is 0.128. The van der Waals surface area contributed by atoms with Crippen molar-refractivity contribution in [2.45, 2.75) is 71.1 Å². The van der Waals surface area contributed by atoms with Crippen molar-refractivity contribution >= 4 is 11.9 Å². The second-order valence-corrected chi connectivity index (χ2v) is 14.0. The predicted octanol–water partition coefficient (Wildman–Crippen LogP) is 6.45. The number of nitrogens with zero attached hydrogens (tertiary/aromatic N) is 2. The van der Waals surface area contributed by atoms with Gasteiger partial charge < -0.3 is 29.7 Å². The number of benzene rings is 2. The molecule has 9 nitrogen and oxygen atoms in total. The number of aliphatic hydroxyl groups is 1. The Balaban J connectivity index is 1.83. The number of aromatic nitrogens is 1. The number of hydrogen-bond acceptors (Lipinski definition) is 6. The number of methoxy groups -OCH3 is 1. The number of aryl methyl sites for hydroxylation is 2. The van der Waals surface area contributed by atoms with Gasteiger partial charge >= 0.3 is 18.3 Å². The maximum atomic E-state index is 15.9. The van der Waals surface area contributed by atoms with Crippen LogP contribution in [0, 0.1) is 31.5 Å². The normalized spacial score (nSPS) is 16.0. The number of rotatable bonds is 14. The molecule has 0 bridgehead atoms. The van der Waals surface area contributed by atoms with Crippen LogP contribution >= 0.6 is 0 Å². The van der Waals surface area contributed by atoms with E-state index >= 15 is 4.39 Å². The number of hydrogen-bond donors (Lipinski definition) is 3. The molecule has 1 unspecified atom stereocenters. The van der Waals surface area contributed by atoms with Crippen LogP contribution in [0.3, 0.4) is 0 Å². The van der Waals surface area contributed by atoms with Crippen LogP contribution in [0.25, 0.3) is 11.1 Å². The van der Waals surface area contributed by atoms with Crippen LogP contribution in [0.2, 0.25) is 0 Å². The second-order valence-electron chi connectivity index (χ2n) is 14.0. The van der Waals surface area contributed by atoms with Gasteiger partial charge in [-0.1, -0.05) is 32.0 Å². The summed E-state index contributed by atoms with van der Waals surface area (Å²) in [6, 6.07) is 4.77. The number of carbonyl (C=O) groups is 2. The molecule has 1 saturated heterocycles. The van der Waals surface area contributed by atoms with Crippen LogP contribution in [0.15, 0.2) is 47.4 Å². The summed E-state index contributed by atoms with van der Waals surface area (Å²) < 4.78 is 107. The van der Waals surface area contributed by atoms with E-state index in [9.17, 15) is 50.9 Å². The molecule has 2 aromatic carbocycles. The molecule has 0 spiro atoms. The third-order valence-electron chi connectivity index (χ3n) is 9.26. The lowest BCUT2D eigenvalue weighted by atomic mass is 9.88. The van der Waals surface area contributed by atoms with Gasteiger partial charge in [0.1, 0.15) is 11.9 Å². The Labute approximate surface area is 301 Å². The number of halogens is 7. The summed E-state index contributed by atoms with van der Waals surface area (Å²) in [6.07, 6.45) is -11.3. The molecule has 2 heterocycles. The number of carboxylic acid groups (broad SMARTS) is 1. The molecule has 1 aliphatic rings. The molecule has 2 atom stereocenters. The molecule has 1 aromatic heterocycles. The summed E-state index contributed by atoms with van der Waals surface area (Å²) in [7, 11) is 1.54. The van der Waals surface area contributed by atoms with E-state index in [-0.39, 0.29) is 42.0 Å². The van der Waals surface area contributed by atoms with Crippen molar-refractivity contribution in [3.63, 3.8) is 0 Å². The van der Waals surface area contributed by atoms with E-state index in [2.05, 4.69) is 0 Å². The zero-order valence-electron chi connectivity index (χ0n) is 29.8. The Kier molecular flexibility index (Phi) is 12.5. The van der Waals surface area contributed by atoms with E-state index < -0.39 is 76.4 Å². The molecule has 0 radical (unpaired) electrons. The van der Waals surface area contributed by atoms with E-state index in [1.165, 1.54) is 7.11 Å². The monoisotopic (exact) mass is 757 g/mol. The standard InChI is InChI=1S/C37H42F7N3O6/c1-20(2)11-29(47-18-24(26(14-30(47)48)36(39,40)41)9-10-46-16-23(17-46)19-53-5)34(51)45-35(52,15-31(49)50)27-12-25(13-28(33(27)38)37(42,43)44)32-21(3)7-6-8-22(32)4/h6-8,12-14,18,20,23,29,52H,9-11,15-17,19H2,1-5H3,(H,45,51)(H,49,50)/t29?,35-/m0/s1. The molecule has 3 aromatic rings. The number of likely N-dealkylation sites (tertiary alicyclic amines) is 1. The molecular weight excluding hydrogens is 715 g/mol. The van der Waals surface area contributed by atoms with Gasteiger partial charge in [-0.25, -0.2) is 4.39 Å². The van der Waals surface area contributed by atoms with Gasteiger partial charge in [0.05, 0.1) is 24.2 Å². The molecular formula is C37H42F7N3O6. The van der Waals surface area contributed by atoms with Crippen molar-refractivity contribution in [1.29, 1.82) is 0 Å². The molecule has 0 aliphatic carbocycles. The van der Waals surface area contributed by atoms with Gasteiger partial charge in [-0.3, -0.25) is 14.4 Å². The Hall–Kier alpha value is -4.28. The first-order chi connectivity index (χ1) is 24.5. The number of ether oxygens (including phenoxy) is 1. The largest absolute Gasteiger partial charge is 0.481 e. The fourth-order valence-electron chi connectivity index (χ4n) is 6.83. The fourth-order valence-corrected chi connectivity index (χ4v) is 6.83. The topological polar surface area (TPSA) is 121 Å². The van der Waals surface area contributed by atoms with Crippen molar-refractivity contribution in [2.24, 2.45) is 11.8 Å². The van der Waals surface area contributed by atoms with Crippen LogP contribution in [0.5, 0.6) is 0 Å². The van der Waals surface area contributed by atoms with Crippen LogP contribution in [0.1, 0.15) is 66.1 Å². The molecule has 53 heavy (non-hydrogen) atoms. The lowest BCUT2D eigenvalue weighted by Gasteiger charge is -2.39. The minimum absolute atomic E-state index is 0.176. The molecule has 0 saturated carbocycles. The van der Waals surface area contributed by atoms with Crippen LogP contribution in [0.4, 0.5) is 30.7 Å². The number of carboxylic acids is 1. The number of amides is 1. The lowest BCUT2D eigenvalue weighted by Crippen LogP contribution is -2.51. The van der Waals surface area contributed by atoms with Crippen LogP contribution in [-0.2, 0) is 38.8 Å². The molecule has 1 aliphatic heterocycles. The number of aliphatic carboxylic acids is 1. The molecule has 1 amide bonds. The zero-order chi connectivity index (χ0) is 39.6. The van der Waals surface area contributed by atoms with Crippen molar-refractivity contribution in [3.05, 3.63) is 92.1 Å². The SMILES string of the molecule is COCC1CN(CCc2cn(C(CC(C)C)C(=O)N[C@](O)(CC(=O)O)c3cc(-c4c(C)cccc4C)cc(C(F)(F)F)c3F)c(=O)cc2C(F)(F)F)C1. The Morgan fingerprint density at radius 1 is 0.981 bits per heavy atom. The van der Waals surface area contributed by atoms with Crippen molar-refractivity contribution < 1.29 is 55.3 Å². The van der Waals surface area contributed by atoms with Gasteiger partial charge in [0.15, 0.2) is 5.72 Å². The van der Waals surface area contributed by atoms with Gasteiger partial charge in [-0.2, -0.15) is 26.3 Å². The first kappa shape index (κ1) is 41.5. The summed E-state index contributed by atoms with van der Waals surface area (Å²) in [5, 5.41) is 23.5. The van der Waals surface area contributed by atoms with Crippen molar-refractivity contribution in [1.82, 2.24) is 14.8 Å². The van der Waals surface area contributed by atoms with E-state index in [4.69, 9.17) is 4.74 Å². The number of pyridine rings is 1. The van der Waals surface area contributed by atoms with Gasteiger partial charge in [0, 0.05) is 50.5 Å². The van der Waals surface area contributed by atoms with Crippen molar-refractivity contribution in [2.75, 3.05) is 33.4 Å². The van der Waals surface area contributed by atoms with E-state index in [0.717, 1.165) is 16.8 Å². The molecule has 290 valence electrons. The van der Waals surface area contributed by atoms with Gasteiger partial charge in [-0.15, -0.1) is 0 Å². The Morgan fingerprint density at radius 2 is 1.57 bits per heavy atom. The number of nitrogens with one attached hydrogen (secondary N) is 1. The predicted molar refractivity (Wildman–Crippen MR) is 180 cm³/mol. The highest BCUT2D eigenvalue weighted by Crippen LogP contribution is 2.41. The van der Waals surface area contributed by atoms with Gasteiger partial charge in [-0.05, 0) is 72.6 Å². The minimum Gasteiger partial charge on any atom is -0.481 e. The zero-order valence-corrected chi connectivity index (χ0v) is 29.8. The molecule has 16 heteroatoms. The summed E-state index contributed by atoms with van der Waals surface area (Å²) in [5.74, 6) is -5.46. The molecule has 1 fully saturated rings. The summed E-state index contributed by atoms with van der Waals surface area (Å²) >= 11 is 0. The summed E-state index contributed by atoms with van der Waals surface area (Å²) in [4.78, 5) is 41.3. The highest BCUT2D eigenvalue weighted by atomic mass is 19.4. The molecule has 3 N–H and O–H groups in total. The Bertz CT molecular complexity index is 1870. The smallest absolute Gasteiger partial charge is 0.419 e. The third kappa shape index (κ3) is 9.64. The fraction of sp³-hybridized carbons (Fsp3) is 0.486. The highest BCUT2D eigenvalue weighted by Gasteiger charge is 2.44. The maximum absolute atomic E-state index is 15.9. The number of alkyl halides is 6.